The molecule has 0 aliphatic heterocycles. The van der Waals surface area contributed by atoms with E-state index in [2.05, 4.69) is 45.8 Å². The molecule has 2 atom stereocenters. The van der Waals surface area contributed by atoms with Crippen LogP contribution in [0.1, 0.15) is 41.6 Å². The van der Waals surface area contributed by atoms with E-state index in [1.54, 1.807) is 0 Å². The topological polar surface area (TPSA) is 89.2 Å². The van der Waals surface area contributed by atoms with Crippen molar-refractivity contribution in [2.45, 2.75) is 38.3 Å². The minimum Gasteiger partial charge on any atom is -0.342 e. The molecule has 0 radical (unpaired) electrons. The van der Waals surface area contributed by atoms with Crippen LogP contribution in [0.15, 0.2) is 72.9 Å². The highest BCUT2D eigenvalue weighted by Gasteiger charge is 2.26. The van der Waals surface area contributed by atoms with E-state index in [4.69, 9.17) is 5.73 Å². The number of para-hydroxylation sites is 1. The molecule has 6 heteroatoms. The predicted molar refractivity (Wildman–Crippen MR) is 131 cm³/mol. The molecule has 1 aromatic heterocycles. The summed E-state index contributed by atoms with van der Waals surface area (Å²) in [7, 11) is 0. The third kappa shape index (κ3) is 4.34. The van der Waals surface area contributed by atoms with Crippen molar-refractivity contribution in [2.75, 3.05) is 0 Å². The number of rotatable bonds is 4. The van der Waals surface area contributed by atoms with Crippen LogP contribution in [-0.4, -0.2) is 22.4 Å². The molecule has 5 rings (SSSR count). The van der Waals surface area contributed by atoms with Gasteiger partial charge in [0, 0.05) is 35.6 Å². The Labute approximate surface area is 192 Å². The third-order valence-electron chi connectivity index (χ3n) is 6.64. The molecule has 1 heterocycles. The molecule has 1 saturated carbocycles. The zero-order chi connectivity index (χ0) is 22.8. The zero-order valence-electron chi connectivity index (χ0n) is 18.5. The van der Waals surface area contributed by atoms with Crippen molar-refractivity contribution in [3.05, 3.63) is 84.1 Å². The van der Waals surface area contributed by atoms with Gasteiger partial charge in [-0.2, -0.15) is 0 Å². The first-order valence-electron chi connectivity index (χ1n) is 11.5. The average molecular weight is 441 g/mol. The minimum absolute atomic E-state index is 0.0530. The smallest absolute Gasteiger partial charge is 0.271 e. The van der Waals surface area contributed by atoms with Crippen molar-refractivity contribution in [3.63, 3.8) is 0 Å². The summed E-state index contributed by atoms with van der Waals surface area (Å²) in [5.74, 6) is -0.643. The van der Waals surface area contributed by atoms with Gasteiger partial charge in [-0.25, -0.2) is 0 Å². The van der Waals surface area contributed by atoms with Crippen molar-refractivity contribution in [2.24, 2.45) is 11.7 Å². The van der Waals surface area contributed by atoms with Gasteiger partial charge in [-0.1, -0.05) is 67.1 Å². The van der Waals surface area contributed by atoms with Gasteiger partial charge >= 0.3 is 0 Å². The van der Waals surface area contributed by atoms with Gasteiger partial charge in [-0.3, -0.25) is 20.4 Å². The van der Waals surface area contributed by atoms with E-state index in [0.717, 1.165) is 30.2 Å². The second kappa shape index (κ2) is 9.08. The minimum atomic E-state index is -0.323. The fourth-order valence-electron chi connectivity index (χ4n) is 4.93. The van der Waals surface area contributed by atoms with Crippen molar-refractivity contribution >= 4 is 33.5 Å². The molecule has 168 valence electrons. The molecule has 1 fully saturated rings. The number of amides is 2. The highest BCUT2D eigenvalue weighted by Crippen LogP contribution is 2.26. The van der Waals surface area contributed by atoms with Gasteiger partial charge in [0.25, 0.3) is 5.91 Å². The Morgan fingerprint density at radius 2 is 1.67 bits per heavy atom. The molecule has 2 amide bonds. The first-order chi connectivity index (χ1) is 16.1. The number of hydrazine groups is 1. The summed E-state index contributed by atoms with van der Waals surface area (Å²) in [5.41, 5.74) is 13.9. The molecule has 4 aromatic rings. The Kier molecular flexibility index (Phi) is 5.84. The maximum Gasteiger partial charge on any atom is 0.271 e. The van der Waals surface area contributed by atoms with Crippen LogP contribution in [0.25, 0.3) is 21.7 Å². The predicted octanol–water partition coefficient (Wildman–Crippen LogP) is 4.12. The molecular weight excluding hydrogens is 412 g/mol. The van der Waals surface area contributed by atoms with E-state index in [0.29, 0.717) is 18.5 Å². The standard InChI is InChI=1S/C27H28N4O2/c28-21-11-6-9-19(15-21)26(32)29-30-27(33)24-17-31(25-14-4-3-13-23(24)25)16-20-10-5-8-18-7-1-2-12-22(18)20/h1-5,7-8,10,12-14,17,19,21H,6,9,11,15-16,28H2,(H,29,32)(H,30,33)/t19?,21-/m1/s1. The van der Waals surface area contributed by atoms with E-state index in [-0.39, 0.29) is 23.8 Å². The average Bonchev–Trinajstić information content (AvgIpc) is 3.21. The lowest BCUT2D eigenvalue weighted by Crippen LogP contribution is -2.46. The summed E-state index contributed by atoms with van der Waals surface area (Å²) in [6, 6.07) is 22.5. The Balaban J connectivity index is 1.38. The van der Waals surface area contributed by atoms with Crippen LogP contribution in [-0.2, 0) is 11.3 Å². The first-order valence-corrected chi connectivity index (χ1v) is 11.5. The van der Waals surface area contributed by atoms with Crippen LogP contribution >= 0.6 is 0 Å². The van der Waals surface area contributed by atoms with E-state index in [9.17, 15) is 9.59 Å². The zero-order valence-corrected chi connectivity index (χ0v) is 18.5. The van der Waals surface area contributed by atoms with E-state index in [1.807, 2.05) is 42.6 Å². The number of fused-ring (bicyclic) bond motifs is 2. The fourth-order valence-corrected chi connectivity index (χ4v) is 4.93. The Bertz CT molecular complexity index is 1320. The number of benzene rings is 3. The third-order valence-corrected chi connectivity index (χ3v) is 6.64. The maximum atomic E-state index is 13.0. The monoisotopic (exact) mass is 440 g/mol. The van der Waals surface area contributed by atoms with Crippen LogP contribution in [0.5, 0.6) is 0 Å². The van der Waals surface area contributed by atoms with Crippen LogP contribution in [0.4, 0.5) is 0 Å². The van der Waals surface area contributed by atoms with Crippen LogP contribution in [0, 0.1) is 5.92 Å². The van der Waals surface area contributed by atoms with E-state index in [1.165, 1.54) is 16.3 Å². The molecular formula is C27H28N4O2. The van der Waals surface area contributed by atoms with E-state index >= 15 is 0 Å². The van der Waals surface area contributed by atoms with Gasteiger partial charge in [0.1, 0.15) is 0 Å². The molecule has 4 N–H and O–H groups in total. The second-order valence-corrected chi connectivity index (χ2v) is 8.89. The molecule has 0 bridgehead atoms. The number of carbonyl (C=O) groups excluding carboxylic acids is 2. The number of aromatic nitrogens is 1. The summed E-state index contributed by atoms with van der Waals surface area (Å²) in [4.78, 5) is 25.6. The molecule has 1 unspecified atom stereocenters. The number of carbonyl (C=O) groups is 2. The van der Waals surface area contributed by atoms with Gasteiger partial charge in [0.15, 0.2) is 0 Å². The number of hydrogen-bond donors (Lipinski definition) is 3. The van der Waals surface area contributed by atoms with Gasteiger partial charge in [0.05, 0.1) is 5.56 Å². The maximum absolute atomic E-state index is 13.0. The molecule has 1 aliphatic carbocycles. The molecule has 0 saturated heterocycles. The van der Waals surface area contributed by atoms with Gasteiger partial charge < -0.3 is 10.3 Å². The summed E-state index contributed by atoms with van der Waals surface area (Å²) >= 11 is 0. The number of hydrogen-bond acceptors (Lipinski definition) is 3. The Hall–Kier alpha value is -3.64. The Morgan fingerprint density at radius 1 is 0.909 bits per heavy atom. The highest BCUT2D eigenvalue weighted by atomic mass is 16.2. The van der Waals surface area contributed by atoms with Crippen molar-refractivity contribution in [3.8, 4) is 0 Å². The van der Waals surface area contributed by atoms with Crippen LogP contribution in [0.2, 0.25) is 0 Å². The van der Waals surface area contributed by atoms with Crippen molar-refractivity contribution in [1.82, 2.24) is 15.4 Å². The second-order valence-electron chi connectivity index (χ2n) is 8.89. The highest BCUT2D eigenvalue weighted by molar-refractivity contribution is 6.07. The van der Waals surface area contributed by atoms with Gasteiger partial charge in [-0.05, 0) is 41.7 Å². The fraction of sp³-hybridized carbons (Fsp3) is 0.259. The molecule has 3 aromatic carbocycles. The first kappa shape index (κ1) is 21.2. The summed E-state index contributed by atoms with van der Waals surface area (Å²) in [6.45, 7) is 0.640. The molecule has 6 nitrogen and oxygen atoms in total. The lowest BCUT2D eigenvalue weighted by Gasteiger charge is -2.25. The van der Waals surface area contributed by atoms with Gasteiger partial charge in [0.2, 0.25) is 5.91 Å². The number of nitrogens with two attached hydrogens (primary N) is 1. The lowest BCUT2D eigenvalue weighted by molar-refractivity contribution is -0.126. The largest absolute Gasteiger partial charge is 0.342 e. The summed E-state index contributed by atoms with van der Waals surface area (Å²) in [5, 5.41) is 3.24. The normalized spacial score (nSPS) is 18.3. The number of nitrogens with one attached hydrogen (secondary N) is 2. The molecule has 33 heavy (non-hydrogen) atoms. The summed E-state index contributed by atoms with van der Waals surface area (Å²) in [6.07, 6.45) is 5.22. The van der Waals surface area contributed by atoms with Crippen LogP contribution < -0.4 is 16.6 Å². The van der Waals surface area contributed by atoms with Crippen molar-refractivity contribution < 1.29 is 9.59 Å². The SMILES string of the molecule is N[C@@H]1CCCC(C(=O)NNC(=O)c2cn(Cc3cccc4ccccc34)c3ccccc23)C1. The van der Waals surface area contributed by atoms with Crippen molar-refractivity contribution in [1.29, 1.82) is 0 Å². The number of nitrogens with zero attached hydrogens (tertiary/aromatic N) is 1. The lowest BCUT2D eigenvalue weighted by atomic mass is 9.86. The van der Waals surface area contributed by atoms with Crippen LogP contribution in [0.3, 0.4) is 0 Å². The summed E-state index contributed by atoms with van der Waals surface area (Å²) < 4.78 is 2.09. The quantitative estimate of drug-likeness (QED) is 0.417. The Morgan fingerprint density at radius 3 is 2.52 bits per heavy atom. The molecule has 1 aliphatic rings. The molecule has 0 spiro atoms. The van der Waals surface area contributed by atoms with E-state index < -0.39 is 0 Å². The van der Waals surface area contributed by atoms with Gasteiger partial charge in [-0.15, -0.1) is 0 Å².